The molecule has 31 heavy (non-hydrogen) atoms. The van der Waals surface area contributed by atoms with Crippen molar-refractivity contribution in [1.29, 1.82) is 0 Å². The van der Waals surface area contributed by atoms with E-state index in [0.717, 1.165) is 10.9 Å². The van der Waals surface area contributed by atoms with Crippen molar-refractivity contribution in [3.8, 4) is 0 Å². The van der Waals surface area contributed by atoms with Gasteiger partial charge in [0.05, 0.1) is 17.9 Å². The smallest absolute Gasteiger partial charge is 0.341 e. The van der Waals surface area contributed by atoms with E-state index in [1.807, 2.05) is 26.0 Å². The molecule has 1 aliphatic rings. The number of carbonyl (C=O) groups excluding carboxylic acids is 2. The molecule has 0 unspecified atom stereocenters. The lowest BCUT2D eigenvalue weighted by atomic mass is 9.82. The van der Waals surface area contributed by atoms with E-state index in [-0.39, 0.29) is 23.9 Å². The van der Waals surface area contributed by atoms with Gasteiger partial charge in [-0.05, 0) is 55.3 Å². The first-order valence-corrected chi connectivity index (χ1v) is 10.2. The Labute approximate surface area is 179 Å². The number of hydrogen-bond acceptors (Lipinski definition) is 4. The number of pyridine rings is 1. The van der Waals surface area contributed by atoms with Crippen LogP contribution in [0.4, 0.5) is 4.39 Å². The molecule has 0 aliphatic carbocycles. The van der Waals surface area contributed by atoms with Gasteiger partial charge in [-0.3, -0.25) is 4.79 Å². The second kappa shape index (κ2) is 7.65. The number of rotatable bonds is 3. The van der Waals surface area contributed by atoms with Crippen molar-refractivity contribution >= 4 is 28.5 Å². The predicted octanol–water partition coefficient (Wildman–Crippen LogP) is 4.35. The molecule has 1 aliphatic heterocycles. The topological polar surface area (TPSA) is 75.3 Å². The fraction of sp³-hybridized carbons (Fsp3) is 0.292. The molecule has 6 nitrogen and oxygen atoms in total. The van der Waals surface area contributed by atoms with E-state index in [0.29, 0.717) is 29.0 Å². The fourth-order valence-corrected chi connectivity index (χ4v) is 4.14. The van der Waals surface area contributed by atoms with Crippen molar-refractivity contribution in [3.05, 3.63) is 70.9 Å². The van der Waals surface area contributed by atoms with Crippen LogP contribution in [-0.4, -0.2) is 39.9 Å². The van der Waals surface area contributed by atoms with E-state index in [1.54, 1.807) is 20.0 Å². The Balaban J connectivity index is 1.89. The van der Waals surface area contributed by atoms with Gasteiger partial charge in [0.15, 0.2) is 0 Å². The number of esters is 1. The first-order valence-electron chi connectivity index (χ1n) is 10.2. The molecule has 7 heteroatoms. The number of H-pyrrole nitrogens is 1. The lowest BCUT2D eigenvalue weighted by Gasteiger charge is -2.29. The van der Waals surface area contributed by atoms with E-state index in [9.17, 15) is 14.0 Å². The molecule has 0 radical (unpaired) electrons. The van der Waals surface area contributed by atoms with Gasteiger partial charge in [0.1, 0.15) is 11.5 Å². The highest BCUT2D eigenvalue weighted by Crippen LogP contribution is 2.40. The van der Waals surface area contributed by atoms with Crippen LogP contribution < -0.4 is 0 Å². The standard InChI is InChI=1S/C24H24FN3O3/c1-5-31-23(30)17-12-28(22(29)15-8-9-18(25)14(2)11-15)13-24(3,4)19-16-7-6-10-26-21(16)27-20(17)19/h6-12H,5,13H2,1-4H3,(H,26,27). The summed E-state index contributed by atoms with van der Waals surface area (Å²) in [4.78, 5) is 35.4. The number of nitrogens with one attached hydrogen (secondary N) is 1. The van der Waals surface area contributed by atoms with E-state index in [1.165, 1.54) is 29.3 Å². The molecule has 1 aromatic carbocycles. The summed E-state index contributed by atoms with van der Waals surface area (Å²) in [6.45, 7) is 7.91. The molecule has 0 fully saturated rings. The molecular formula is C24H24FN3O3. The van der Waals surface area contributed by atoms with Crippen LogP contribution in [0.3, 0.4) is 0 Å². The highest BCUT2D eigenvalue weighted by Gasteiger charge is 2.37. The quantitative estimate of drug-likeness (QED) is 0.638. The molecule has 160 valence electrons. The van der Waals surface area contributed by atoms with Crippen LogP contribution in [0, 0.1) is 12.7 Å². The Morgan fingerprint density at radius 2 is 2.06 bits per heavy atom. The first-order chi connectivity index (χ1) is 14.7. The van der Waals surface area contributed by atoms with Crippen molar-refractivity contribution in [2.75, 3.05) is 13.2 Å². The van der Waals surface area contributed by atoms with Gasteiger partial charge in [-0.1, -0.05) is 13.8 Å². The van der Waals surface area contributed by atoms with Gasteiger partial charge in [0.2, 0.25) is 0 Å². The summed E-state index contributed by atoms with van der Waals surface area (Å²) < 4.78 is 19.0. The highest BCUT2D eigenvalue weighted by atomic mass is 19.1. The minimum absolute atomic E-state index is 0.207. The molecule has 4 rings (SSSR count). The third-order valence-electron chi connectivity index (χ3n) is 5.53. The number of hydrogen-bond donors (Lipinski definition) is 1. The predicted molar refractivity (Wildman–Crippen MR) is 116 cm³/mol. The number of aryl methyl sites for hydroxylation is 1. The Kier molecular flexibility index (Phi) is 5.13. The molecule has 0 spiro atoms. The van der Waals surface area contributed by atoms with Gasteiger partial charge < -0.3 is 14.6 Å². The van der Waals surface area contributed by atoms with Gasteiger partial charge in [0.25, 0.3) is 5.91 Å². The number of halogens is 1. The molecule has 1 amide bonds. The Hall–Kier alpha value is -3.48. The molecule has 2 aromatic heterocycles. The number of aromatic amines is 1. The summed E-state index contributed by atoms with van der Waals surface area (Å²) in [7, 11) is 0. The van der Waals surface area contributed by atoms with Crippen molar-refractivity contribution in [2.45, 2.75) is 33.1 Å². The van der Waals surface area contributed by atoms with Gasteiger partial charge in [-0.15, -0.1) is 0 Å². The normalized spacial score (nSPS) is 15.3. The van der Waals surface area contributed by atoms with E-state index < -0.39 is 11.4 Å². The zero-order chi connectivity index (χ0) is 22.3. The number of carbonyl (C=O) groups is 2. The molecule has 3 aromatic rings. The van der Waals surface area contributed by atoms with Crippen LogP contribution in [0.2, 0.25) is 0 Å². The maximum atomic E-state index is 13.7. The average Bonchev–Trinajstić information content (AvgIpc) is 3.07. The monoisotopic (exact) mass is 421 g/mol. The Morgan fingerprint density at radius 3 is 2.77 bits per heavy atom. The second-order valence-electron chi connectivity index (χ2n) is 8.32. The first kappa shape index (κ1) is 20.8. The third-order valence-corrected chi connectivity index (χ3v) is 5.53. The highest BCUT2D eigenvalue weighted by molar-refractivity contribution is 6.18. The van der Waals surface area contributed by atoms with E-state index in [4.69, 9.17) is 4.74 Å². The van der Waals surface area contributed by atoms with Crippen LogP contribution in [-0.2, 0) is 14.9 Å². The molecule has 0 saturated heterocycles. The SMILES string of the molecule is CCOC(=O)C1=CN(C(=O)c2ccc(F)c(C)c2)CC(C)(C)c2c1[nH]c1ncccc21. The molecule has 3 heterocycles. The Bertz CT molecular complexity index is 1230. The second-order valence-corrected chi connectivity index (χ2v) is 8.32. The maximum Gasteiger partial charge on any atom is 0.341 e. The van der Waals surface area contributed by atoms with Crippen molar-refractivity contribution < 1.29 is 18.7 Å². The van der Waals surface area contributed by atoms with Crippen LogP contribution >= 0.6 is 0 Å². The minimum atomic E-state index is -0.527. The van der Waals surface area contributed by atoms with Gasteiger partial charge in [-0.2, -0.15) is 0 Å². The number of ether oxygens (including phenoxy) is 1. The van der Waals surface area contributed by atoms with Gasteiger partial charge >= 0.3 is 5.97 Å². The molecule has 0 saturated carbocycles. The zero-order valence-corrected chi connectivity index (χ0v) is 18.0. The number of nitrogens with zero attached hydrogens (tertiary/aromatic N) is 2. The van der Waals surface area contributed by atoms with Crippen LogP contribution in [0.1, 0.15) is 48.0 Å². The molecule has 0 atom stereocenters. The summed E-state index contributed by atoms with van der Waals surface area (Å²) in [6.07, 6.45) is 3.22. The van der Waals surface area contributed by atoms with Gasteiger partial charge in [-0.25, -0.2) is 14.2 Å². The number of fused-ring (bicyclic) bond motifs is 3. The summed E-state index contributed by atoms with van der Waals surface area (Å²) in [6, 6.07) is 8.05. The largest absolute Gasteiger partial charge is 0.462 e. The Morgan fingerprint density at radius 1 is 1.29 bits per heavy atom. The third kappa shape index (κ3) is 3.60. The summed E-state index contributed by atoms with van der Waals surface area (Å²) >= 11 is 0. The molecule has 0 bridgehead atoms. The summed E-state index contributed by atoms with van der Waals surface area (Å²) in [5.74, 6) is -1.21. The average molecular weight is 421 g/mol. The number of amides is 1. The van der Waals surface area contributed by atoms with E-state index in [2.05, 4.69) is 9.97 Å². The van der Waals surface area contributed by atoms with Crippen molar-refractivity contribution in [3.63, 3.8) is 0 Å². The van der Waals surface area contributed by atoms with Gasteiger partial charge in [0, 0.05) is 35.3 Å². The van der Waals surface area contributed by atoms with E-state index >= 15 is 0 Å². The lowest BCUT2D eigenvalue weighted by molar-refractivity contribution is -0.136. The van der Waals surface area contributed by atoms with Crippen LogP contribution in [0.25, 0.3) is 16.6 Å². The maximum absolute atomic E-state index is 13.7. The molecule has 1 N–H and O–H groups in total. The minimum Gasteiger partial charge on any atom is -0.462 e. The summed E-state index contributed by atoms with van der Waals surface area (Å²) in [5, 5.41) is 0.893. The van der Waals surface area contributed by atoms with Crippen molar-refractivity contribution in [1.82, 2.24) is 14.9 Å². The van der Waals surface area contributed by atoms with Crippen molar-refractivity contribution in [2.24, 2.45) is 0 Å². The lowest BCUT2D eigenvalue weighted by Crippen LogP contribution is -2.37. The molecular weight excluding hydrogens is 397 g/mol. The number of aromatic nitrogens is 2. The van der Waals surface area contributed by atoms with Crippen LogP contribution in [0.5, 0.6) is 0 Å². The number of benzene rings is 1. The zero-order valence-electron chi connectivity index (χ0n) is 18.0. The van der Waals surface area contributed by atoms with Crippen LogP contribution in [0.15, 0.2) is 42.7 Å². The summed E-state index contributed by atoms with van der Waals surface area (Å²) in [5.41, 5.74) is 2.66. The fourth-order valence-electron chi connectivity index (χ4n) is 4.14.